The van der Waals surface area contributed by atoms with E-state index in [-0.39, 0.29) is 17.2 Å². The van der Waals surface area contributed by atoms with Gasteiger partial charge in [0.05, 0.1) is 19.8 Å². The van der Waals surface area contributed by atoms with Gasteiger partial charge in [0.1, 0.15) is 5.70 Å². The van der Waals surface area contributed by atoms with Crippen LogP contribution in [0, 0.1) is 0 Å². The van der Waals surface area contributed by atoms with Crippen LogP contribution in [0.3, 0.4) is 0 Å². The quantitative estimate of drug-likeness (QED) is 0.761. The molecule has 0 N–H and O–H groups in total. The molecule has 140 valence electrons. The molecule has 0 fully saturated rings. The van der Waals surface area contributed by atoms with Gasteiger partial charge in [-0.3, -0.25) is 4.79 Å². The van der Waals surface area contributed by atoms with Crippen molar-refractivity contribution < 1.29 is 23.9 Å². The van der Waals surface area contributed by atoms with Crippen molar-refractivity contribution in [2.24, 2.45) is 0 Å². The molecule has 1 aromatic rings. The molecular formula is C20H20N2O5. The SMILES string of the molecule is COC(=O)C1=C(C(=O)OC)N(c2ccc3c(c2)CCN3C(C)=O)C=CC=C1. The highest BCUT2D eigenvalue weighted by Gasteiger charge is 2.29. The maximum Gasteiger partial charge on any atom is 0.355 e. The summed E-state index contributed by atoms with van der Waals surface area (Å²) >= 11 is 0. The normalized spacial score (nSPS) is 15.5. The molecule has 2 aliphatic rings. The van der Waals surface area contributed by atoms with Gasteiger partial charge in [-0.25, -0.2) is 9.59 Å². The molecule has 0 atom stereocenters. The van der Waals surface area contributed by atoms with Gasteiger partial charge >= 0.3 is 11.9 Å². The van der Waals surface area contributed by atoms with Crippen molar-refractivity contribution in [3.63, 3.8) is 0 Å². The van der Waals surface area contributed by atoms with Crippen molar-refractivity contribution in [3.05, 3.63) is 59.5 Å². The minimum atomic E-state index is -0.655. The van der Waals surface area contributed by atoms with E-state index < -0.39 is 11.9 Å². The highest BCUT2D eigenvalue weighted by atomic mass is 16.5. The topological polar surface area (TPSA) is 76.2 Å². The number of amides is 1. The number of fused-ring (bicyclic) bond motifs is 1. The van der Waals surface area contributed by atoms with Gasteiger partial charge in [0.15, 0.2) is 0 Å². The molecule has 3 rings (SSSR count). The molecular weight excluding hydrogens is 348 g/mol. The lowest BCUT2D eigenvalue weighted by atomic mass is 10.1. The van der Waals surface area contributed by atoms with Gasteiger partial charge in [-0.15, -0.1) is 0 Å². The van der Waals surface area contributed by atoms with E-state index in [1.807, 2.05) is 12.1 Å². The van der Waals surface area contributed by atoms with E-state index in [0.29, 0.717) is 12.2 Å². The first-order chi connectivity index (χ1) is 13.0. The molecule has 0 aliphatic carbocycles. The zero-order chi connectivity index (χ0) is 19.6. The number of ether oxygens (including phenoxy) is 2. The highest BCUT2D eigenvalue weighted by molar-refractivity contribution is 6.05. The summed E-state index contributed by atoms with van der Waals surface area (Å²) in [6.07, 6.45) is 7.28. The molecule has 0 spiro atoms. The molecule has 0 radical (unpaired) electrons. The number of methoxy groups -OCH3 is 2. The molecule has 0 bridgehead atoms. The molecule has 0 saturated heterocycles. The fourth-order valence-corrected chi connectivity index (χ4v) is 3.23. The van der Waals surface area contributed by atoms with Gasteiger partial charge in [0, 0.05) is 31.0 Å². The Labute approximate surface area is 157 Å². The van der Waals surface area contributed by atoms with Crippen LogP contribution < -0.4 is 9.80 Å². The predicted molar refractivity (Wildman–Crippen MR) is 100.0 cm³/mol. The second-order valence-electron chi connectivity index (χ2n) is 6.05. The van der Waals surface area contributed by atoms with E-state index in [9.17, 15) is 14.4 Å². The number of esters is 2. The minimum Gasteiger partial charge on any atom is -0.465 e. The van der Waals surface area contributed by atoms with E-state index in [0.717, 1.165) is 17.7 Å². The van der Waals surface area contributed by atoms with Gasteiger partial charge in [-0.05, 0) is 42.3 Å². The number of nitrogens with zero attached hydrogens (tertiary/aromatic N) is 2. The lowest BCUT2D eigenvalue weighted by molar-refractivity contribution is -0.139. The van der Waals surface area contributed by atoms with Gasteiger partial charge < -0.3 is 19.3 Å². The molecule has 1 aromatic carbocycles. The lowest BCUT2D eigenvalue weighted by Crippen LogP contribution is -2.27. The Hall–Kier alpha value is -3.35. The predicted octanol–water partition coefficient (Wildman–Crippen LogP) is 2.09. The smallest absolute Gasteiger partial charge is 0.355 e. The van der Waals surface area contributed by atoms with E-state index in [2.05, 4.69) is 0 Å². The monoisotopic (exact) mass is 368 g/mol. The number of anilines is 2. The fourth-order valence-electron chi connectivity index (χ4n) is 3.23. The van der Waals surface area contributed by atoms with Crippen LogP contribution in [0.1, 0.15) is 12.5 Å². The van der Waals surface area contributed by atoms with Gasteiger partial charge in [0.25, 0.3) is 0 Å². The van der Waals surface area contributed by atoms with Crippen LogP contribution in [0.5, 0.6) is 0 Å². The average Bonchev–Trinajstić information content (AvgIpc) is 2.97. The number of carbonyl (C=O) groups is 3. The Morgan fingerprint density at radius 3 is 2.44 bits per heavy atom. The van der Waals surface area contributed by atoms with Crippen LogP contribution in [0.4, 0.5) is 11.4 Å². The van der Waals surface area contributed by atoms with Crippen molar-refractivity contribution in [2.45, 2.75) is 13.3 Å². The molecule has 2 heterocycles. The van der Waals surface area contributed by atoms with E-state index >= 15 is 0 Å². The van der Waals surface area contributed by atoms with Crippen LogP contribution in [-0.2, 0) is 30.3 Å². The van der Waals surface area contributed by atoms with E-state index in [1.165, 1.54) is 27.2 Å². The molecule has 0 unspecified atom stereocenters. The number of hydrogen-bond donors (Lipinski definition) is 0. The first-order valence-electron chi connectivity index (χ1n) is 8.44. The minimum absolute atomic E-state index is 0.0107. The number of benzene rings is 1. The standard InChI is InChI=1S/C20H20N2O5/c1-13(23)21-11-9-14-12-15(7-8-17(14)21)22-10-5-4-6-16(19(24)26-2)18(22)20(25)27-3/h4-8,10,12H,9,11H2,1-3H3. The number of rotatable bonds is 3. The van der Waals surface area contributed by atoms with Gasteiger partial charge in [-0.2, -0.15) is 0 Å². The summed E-state index contributed by atoms with van der Waals surface area (Å²) in [5, 5.41) is 0. The van der Waals surface area contributed by atoms with Crippen molar-refractivity contribution in [3.8, 4) is 0 Å². The summed E-state index contributed by atoms with van der Waals surface area (Å²) in [5.41, 5.74) is 2.70. The maximum absolute atomic E-state index is 12.5. The fraction of sp³-hybridized carbons (Fsp3) is 0.250. The third-order valence-electron chi connectivity index (χ3n) is 4.51. The number of allylic oxidation sites excluding steroid dienone is 2. The number of hydrogen-bond acceptors (Lipinski definition) is 6. The highest BCUT2D eigenvalue weighted by Crippen LogP contribution is 2.34. The lowest BCUT2D eigenvalue weighted by Gasteiger charge is -2.24. The van der Waals surface area contributed by atoms with E-state index in [1.54, 1.807) is 34.2 Å². The zero-order valence-electron chi connectivity index (χ0n) is 15.4. The Bertz CT molecular complexity index is 898. The van der Waals surface area contributed by atoms with Gasteiger partial charge in [0.2, 0.25) is 5.91 Å². The summed E-state index contributed by atoms with van der Waals surface area (Å²) < 4.78 is 9.71. The summed E-state index contributed by atoms with van der Waals surface area (Å²) in [6.45, 7) is 2.16. The van der Waals surface area contributed by atoms with E-state index in [4.69, 9.17) is 9.47 Å². The molecule has 1 amide bonds. The van der Waals surface area contributed by atoms with Crippen LogP contribution in [0.2, 0.25) is 0 Å². The van der Waals surface area contributed by atoms with Crippen molar-refractivity contribution >= 4 is 29.2 Å². The van der Waals surface area contributed by atoms with Crippen LogP contribution in [0.25, 0.3) is 0 Å². The zero-order valence-corrected chi connectivity index (χ0v) is 15.4. The van der Waals surface area contributed by atoms with Crippen molar-refractivity contribution in [2.75, 3.05) is 30.6 Å². The Balaban J connectivity index is 2.10. The third-order valence-corrected chi connectivity index (χ3v) is 4.51. The third kappa shape index (κ3) is 3.36. The second kappa shape index (κ2) is 7.49. The summed E-state index contributed by atoms with van der Waals surface area (Å²) in [7, 11) is 2.51. The summed E-state index contributed by atoms with van der Waals surface area (Å²) in [5.74, 6) is -1.30. The largest absolute Gasteiger partial charge is 0.465 e. The average molecular weight is 368 g/mol. The second-order valence-corrected chi connectivity index (χ2v) is 6.05. The summed E-state index contributed by atoms with van der Waals surface area (Å²) in [6, 6.07) is 5.55. The first kappa shape index (κ1) is 18.4. The molecule has 7 heteroatoms. The maximum atomic E-state index is 12.5. The molecule has 2 aliphatic heterocycles. The van der Waals surface area contributed by atoms with Crippen LogP contribution in [0.15, 0.2) is 53.9 Å². The van der Waals surface area contributed by atoms with Gasteiger partial charge in [-0.1, -0.05) is 6.08 Å². The first-order valence-corrected chi connectivity index (χ1v) is 8.44. The van der Waals surface area contributed by atoms with Crippen LogP contribution >= 0.6 is 0 Å². The summed E-state index contributed by atoms with van der Waals surface area (Å²) in [4.78, 5) is 39.7. The molecule has 7 nitrogen and oxygen atoms in total. The van der Waals surface area contributed by atoms with Crippen LogP contribution in [-0.4, -0.2) is 38.6 Å². The van der Waals surface area contributed by atoms with Crippen molar-refractivity contribution in [1.82, 2.24) is 0 Å². The Morgan fingerprint density at radius 1 is 1.04 bits per heavy atom. The van der Waals surface area contributed by atoms with Crippen molar-refractivity contribution in [1.29, 1.82) is 0 Å². The Kier molecular flexibility index (Phi) is 5.12. The number of carbonyl (C=O) groups excluding carboxylic acids is 3. The molecule has 27 heavy (non-hydrogen) atoms. The Morgan fingerprint density at radius 2 is 1.78 bits per heavy atom. The molecule has 0 aromatic heterocycles. The molecule has 0 saturated carbocycles.